The van der Waals surface area contributed by atoms with Crippen LogP contribution >= 0.6 is 0 Å². The summed E-state index contributed by atoms with van der Waals surface area (Å²) in [6, 6.07) is 13.1. The van der Waals surface area contributed by atoms with E-state index in [1.807, 2.05) is 37.4 Å². The molecule has 2 aromatic rings. The quantitative estimate of drug-likeness (QED) is 0.849. The van der Waals surface area contributed by atoms with Crippen LogP contribution < -0.4 is 14.8 Å². The largest absolute Gasteiger partial charge is 0.496 e. The van der Waals surface area contributed by atoms with Gasteiger partial charge in [0, 0.05) is 5.56 Å². The maximum Gasteiger partial charge on any atom is 0.172 e. The Morgan fingerprint density at radius 3 is 2.43 bits per heavy atom. The van der Waals surface area contributed by atoms with E-state index in [0.29, 0.717) is 30.9 Å². The SMILES string of the molecule is CNCCc1c(OC)ccc(OCc2ccccc2)c1F. The molecule has 0 aromatic heterocycles. The summed E-state index contributed by atoms with van der Waals surface area (Å²) in [6.45, 7) is 1.02. The molecular weight excluding hydrogens is 269 g/mol. The van der Waals surface area contributed by atoms with E-state index in [-0.39, 0.29) is 11.6 Å². The van der Waals surface area contributed by atoms with Crippen LogP contribution in [0.3, 0.4) is 0 Å². The van der Waals surface area contributed by atoms with Gasteiger partial charge in [-0.05, 0) is 37.7 Å². The number of hydrogen-bond acceptors (Lipinski definition) is 3. The van der Waals surface area contributed by atoms with Gasteiger partial charge in [-0.1, -0.05) is 30.3 Å². The van der Waals surface area contributed by atoms with Gasteiger partial charge < -0.3 is 14.8 Å². The number of benzene rings is 2. The normalized spacial score (nSPS) is 10.4. The predicted molar refractivity (Wildman–Crippen MR) is 81.4 cm³/mol. The fraction of sp³-hybridized carbons (Fsp3) is 0.294. The van der Waals surface area contributed by atoms with Crippen LogP contribution in [0.5, 0.6) is 11.5 Å². The first-order valence-corrected chi connectivity index (χ1v) is 6.93. The van der Waals surface area contributed by atoms with Crippen LogP contribution in [0.2, 0.25) is 0 Å². The van der Waals surface area contributed by atoms with E-state index >= 15 is 0 Å². The number of halogens is 1. The van der Waals surface area contributed by atoms with Gasteiger partial charge in [0.2, 0.25) is 0 Å². The Hall–Kier alpha value is -2.07. The van der Waals surface area contributed by atoms with Gasteiger partial charge in [-0.2, -0.15) is 0 Å². The molecule has 4 heteroatoms. The molecule has 0 saturated carbocycles. The van der Waals surface area contributed by atoms with Crippen LogP contribution in [-0.2, 0) is 13.0 Å². The van der Waals surface area contributed by atoms with Crippen molar-refractivity contribution in [3.05, 3.63) is 59.4 Å². The van der Waals surface area contributed by atoms with Crippen molar-refractivity contribution >= 4 is 0 Å². The minimum atomic E-state index is -0.347. The molecule has 2 aromatic carbocycles. The molecule has 0 aliphatic heterocycles. The first kappa shape index (κ1) is 15.3. The summed E-state index contributed by atoms with van der Waals surface area (Å²) in [6.07, 6.45) is 0.550. The number of hydrogen-bond donors (Lipinski definition) is 1. The second-order valence-corrected chi connectivity index (χ2v) is 4.69. The zero-order valence-corrected chi connectivity index (χ0v) is 12.4. The van der Waals surface area contributed by atoms with Gasteiger partial charge in [0.1, 0.15) is 12.4 Å². The van der Waals surface area contributed by atoms with Crippen molar-refractivity contribution in [3.8, 4) is 11.5 Å². The molecule has 0 amide bonds. The Morgan fingerprint density at radius 1 is 1.05 bits per heavy atom. The van der Waals surface area contributed by atoms with Crippen LogP contribution in [0.4, 0.5) is 4.39 Å². The number of methoxy groups -OCH3 is 1. The Balaban J connectivity index is 2.16. The molecule has 0 radical (unpaired) electrons. The number of likely N-dealkylation sites (N-methyl/N-ethyl adjacent to an activating group) is 1. The van der Waals surface area contributed by atoms with Gasteiger partial charge in [0.05, 0.1) is 7.11 Å². The zero-order valence-electron chi connectivity index (χ0n) is 12.4. The van der Waals surface area contributed by atoms with Crippen molar-refractivity contribution in [1.29, 1.82) is 0 Å². The highest BCUT2D eigenvalue weighted by atomic mass is 19.1. The number of nitrogens with one attached hydrogen (secondary N) is 1. The fourth-order valence-corrected chi connectivity index (χ4v) is 2.10. The second kappa shape index (κ2) is 7.64. The van der Waals surface area contributed by atoms with Gasteiger partial charge in [-0.15, -0.1) is 0 Å². The predicted octanol–water partition coefficient (Wildman–Crippen LogP) is 3.18. The molecule has 0 bridgehead atoms. The minimum Gasteiger partial charge on any atom is -0.496 e. The first-order chi connectivity index (χ1) is 10.3. The van der Waals surface area contributed by atoms with E-state index in [1.165, 1.54) is 0 Å². The van der Waals surface area contributed by atoms with Crippen LogP contribution in [-0.4, -0.2) is 20.7 Å². The average Bonchev–Trinajstić information content (AvgIpc) is 2.53. The number of ether oxygens (including phenoxy) is 2. The molecule has 0 aliphatic carbocycles. The molecule has 2 rings (SSSR count). The summed E-state index contributed by atoms with van der Waals surface area (Å²) in [5.41, 5.74) is 1.54. The van der Waals surface area contributed by atoms with Crippen molar-refractivity contribution < 1.29 is 13.9 Å². The number of rotatable bonds is 7. The molecule has 0 spiro atoms. The third-order valence-electron chi connectivity index (χ3n) is 3.25. The smallest absolute Gasteiger partial charge is 0.172 e. The van der Waals surface area contributed by atoms with Gasteiger partial charge in [-0.25, -0.2) is 4.39 Å². The van der Waals surface area contributed by atoms with E-state index in [4.69, 9.17) is 9.47 Å². The highest BCUT2D eigenvalue weighted by Gasteiger charge is 2.14. The van der Waals surface area contributed by atoms with Crippen molar-refractivity contribution in [2.24, 2.45) is 0 Å². The molecule has 0 atom stereocenters. The van der Waals surface area contributed by atoms with E-state index in [9.17, 15) is 4.39 Å². The Kier molecular flexibility index (Phi) is 5.58. The van der Waals surface area contributed by atoms with Crippen LogP contribution in [0.25, 0.3) is 0 Å². The molecule has 21 heavy (non-hydrogen) atoms. The van der Waals surface area contributed by atoms with Gasteiger partial charge in [-0.3, -0.25) is 0 Å². The molecule has 0 saturated heterocycles. The van der Waals surface area contributed by atoms with E-state index < -0.39 is 0 Å². The fourth-order valence-electron chi connectivity index (χ4n) is 2.10. The van der Waals surface area contributed by atoms with E-state index in [1.54, 1.807) is 19.2 Å². The topological polar surface area (TPSA) is 30.5 Å². The minimum absolute atomic E-state index is 0.255. The maximum atomic E-state index is 14.5. The summed E-state index contributed by atoms with van der Waals surface area (Å²) >= 11 is 0. The van der Waals surface area contributed by atoms with Crippen molar-refractivity contribution in [2.75, 3.05) is 20.7 Å². The zero-order chi connectivity index (χ0) is 15.1. The van der Waals surface area contributed by atoms with Gasteiger partial charge in [0.15, 0.2) is 11.6 Å². The van der Waals surface area contributed by atoms with Crippen LogP contribution in [0.1, 0.15) is 11.1 Å². The molecule has 0 unspecified atom stereocenters. The third-order valence-corrected chi connectivity index (χ3v) is 3.25. The standard InChI is InChI=1S/C17H20FNO2/c1-19-11-10-14-15(20-2)8-9-16(17(14)18)21-12-13-6-4-3-5-7-13/h3-9,19H,10-12H2,1-2H3. The van der Waals surface area contributed by atoms with Crippen molar-refractivity contribution in [2.45, 2.75) is 13.0 Å². The Bertz CT molecular complexity index is 573. The highest BCUT2D eigenvalue weighted by Crippen LogP contribution is 2.29. The lowest BCUT2D eigenvalue weighted by Gasteiger charge is -2.14. The van der Waals surface area contributed by atoms with E-state index in [0.717, 1.165) is 5.56 Å². The summed E-state index contributed by atoms with van der Waals surface area (Å²) < 4.78 is 25.3. The molecule has 0 fully saturated rings. The monoisotopic (exact) mass is 289 g/mol. The molecule has 112 valence electrons. The molecule has 0 heterocycles. The highest BCUT2D eigenvalue weighted by molar-refractivity contribution is 5.42. The van der Waals surface area contributed by atoms with Crippen LogP contribution in [0.15, 0.2) is 42.5 Å². The summed E-state index contributed by atoms with van der Waals surface area (Å²) in [5, 5.41) is 3.01. The molecule has 1 N–H and O–H groups in total. The molecule has 0 aliphatic rings. The average molecular weight is 289 g/mol. The summed E-state index contributed by atoms with van der Waals surface area (Å²) in [5.74, 6) is 0.459. The molecular formula is C17H20FNO2. The van der Waals surface area contributed by atoms with Crippen molar-refractivity contribution in [3.63, 3.8) is 0 Å². The lowest BCUT2D eigenvalue weighted by atomic mass is 10.1. The Labute approximate surface area is 124 Å². The summed E-state index contributed by atoms with van der Waals surface area (Å²) in [7, 11) is 3.38. The van der Waals surface area contributed by atoms with Gasteiger partial charge in [0.25, 0.3) is 0 Å². The maximum absolute atomic E-state index is 14.5. The van der Waals surface area contributed by atoms with Crippen LogP contribution in [0, 0.1) is 5.82 Å². The molecule has 3 nitrogen and oxygen atoms in total. The lowest BCUT2D eigenvalue weighted by molar-refractivity contribution is 0.287. The Morgan fingerprint density at radius 2 is 1.76 bits per heavy atom. The first-order valence-electron chi connectivity index (χ1n) is 6.93. The third kappa shape index (κ3) is 3.95. The lowest BCUT2D eigenvalue weighted by Crippen LogP contribution is -2.12. The van der Waals surface area contributed by atoms with Gasteiger partial charge >= 0.3 is 0 Å². The van der Waals surface area contributed by atoms with E-state index in [2.05, 4.69) is 5.32 Å². The summed E-state index contributed by atoms with van der Waals surface area (Å²) in [4.78, 5) is 0. The van der Waals surface area contributed by atoms with Crippen molar-refractivity contribution in [1.82, 2.24) is 5.32 Å². The second-order valence-electron chi connectivity index (χ2n) is 4.69.